The fourth-order valence-electron chi connectivity index (χ4n) is 2.66. The van der Waals surface area contributed by atoms with E-state index in [9.17, 15) is 0 Å². The number of rotatable bonds is 5. The molecule has 20 heavy (non-hydrogen) atoms. The van der Waals surface area contributed by atoms with Crippen LogP contribution in [0.25, 0.3) is 0 Å². The van der Waals surface area contributed by atoms with Crippen LogP contribution in [0.15, 0.2) is 18.2 Å². The van der Waals surface area contributed by atoms with Gasteiger partial charge in [0.05, 0.1) is 11.1 Å². The minimum Gasteiger partial charge on any atom is -0.489 e. The highest BCUT2D eigenvalue weighted by molar-refractivity contribution is 6.32. The maximum Gasteiger partial charge on any atom is 0.138 e. The number of piperidine rings is 1. The zero-order valence-electron chi connectivity index (χ0n) is 12.7. The summed E-state index contributed by atoms with van der Waals surface area (Å²) in [5, 5.41) is 4.16. The normalized spacial score (nSPS) is 20.1. The third kappa shape index (κ3) is 4.57. The van der Waals surface area contributed by atoms with E-state index in [0.29, 0.717) is 5.02 Å². The van der Waals surface area contributed by atoms with Crippen LogP contribution in [0.4, 0.5) is 5.69 Å². The molecule has 1 N–H and O–H groups in total. The Morgan fingerprint density at radius 2 is 2.25 bits per heavy atom. The fraction of sp³-hybridized carbons (Fsp3) is 0.625. The summed E-state index contributed by atoms with van der Waals surface area (Å²) >= 11 is 6.24. The SMILES string of the molecule is CC(C)Oc1ccc(NCC2CCCN(C)C2)cc1Cl. The third-order valence-corrected chi connectivity index (χ3v) is 3.91. The van der Waals surface area contributed by atoms with E-state index in [2.05, 4.69) is 17.3 Å². The highest BCUT2D eigenvalue weighted by Crippen LogP contribution is 2.28. The summed E-state index contributed by atoms with van der Waals surface area (Å²) in [6.07, 6.45) is 2.74. The van der Waals surface area contributed by atoms with Gasteiger partial charge in [0.15, 0.2) is 0 Å². The predicted molar refractivity (Wildman–Crippen MR) is 85.9 cm³/mol. The summed E-state index contributed by atoms with van der Waals surface area (Å²) < 4.78 is 5.64. The first-order valence-electron chi connectivity index (χ1n) is 7.43. The van der Waals surface area contributed by atoms with Crippen molar-refractivity contribution in [2.24, 2.45) is 5.92 Å². The molecular formula is C16H25ClN2O. The summed E-state index contributed by atoms with van der Waals surface area (Å²) in [5.41, 5.74) is 1.07. The molecule has 0 saturated carbocycles. The number of nitrogens with zero attached hydrogens (tertiary/aromatic N) is 1. The van der Waals surface area contributed by atoms with Gasteiger partial charge in [0.25, 0.3) is 0 Å². The molecule has 1 atom stereocenters. The molecule has 0 spiro atoms. The lowest BCUT2D eigenvalue weighted by Gasteiger charge is -2.30. The molecule has 1 unspecified atom stereocenters. The summed E-state index contributed by atoms with van der Waals surface area (Å²) in [7, 11) is 2.20. The van der Waals surface area contributed by atoms with Crippen LogP contribution in [-0.2, 0) is 0 Å². The Morgan fingerprint density at radius 1 is 1.45 bits per heavy atom. The Morgan fingerprint density at radius 3 is 2.90 bits per heavy atom. The number of hydrogen-bond acceptors (Lipinski definition) is 3. The van der Waals surface area contributed by atoms with E-state index >= 15 is 0 Å². The van der Waals surface area contributed by atoms with E-state index in [-0.39, 0.29) is 6.10 Å². The van der Waals surface area contributed by atoms with Crippen molar-refractivity contribution in [1.82, 2.24) is 4.90 Å². The zero-order valence-corrected chi connectivity index (χ0v) is 13.4. The van der Waals surface area contributed by atoms with Crippen LogP contribution >= 0.6 is 11.6 Å². The van der Waals surface area contributed by atoms with Crippen molar-refractivity contribution in [2.45, 2.75) is 32.8 Å². The van der Waals surface area contributed by atoms with Gasteiger partial charge in [0.2, 0.25) is 0 Å². The van der Waals surface area contributed by atoms with Gasteiger partial charge < -0.3 is 15.0 Å². The monoisotopic (exact) mass is 296 g/mol. The molecule has 1 heterocycles. The number of halogens is 1. The van der Waals surface area contributed by atoms with Gasteiger partial charge in [-0.2, -0.15) is 0 Å². The van der Waals surface area contributed by atoms with Crippen LogP contribution in [-0.4, -0.2) is 37.7 Å². The Kier molecular flexibility index (Phi) is 5.55. The van der Waals surface area contributed by atoms with Crippen LogP contribution in [0.3, 0.4) is 0 Å². The second-order valence-electron chi connectivity index (χ2n) is 5.96. The summed E-state index contributed by atoms with van der Waals surface area (Å²) in [5.74, 6) is 1.48. The molecule has 1 fully saturated rings. The zero-order chi connectivity index (χ0) is 14.5. The number of anilines is 1. The maximum atomic E-state index is 6.24. The molecule has 1 aromatic rings. The molecule has 0 radical (unpaired) electrons. The number of nitrogens with one attached hydrogen (secondary N) is 1. The van der Waals surface area contributed by atoms with Crippen molar-refractivity contribution in [2.75, 3.05) is 32.0 Å². The van der Waals surface area contributed by atoms with Crippen molar-refractivity contribution in [3.8, 4) is 5.75 Å². The van der Waals surface area contributed by atoms with E-state index < -0.39 is 0 Å². The third-order valence-electron chi connectivity index (χ3n) is 3.61. The van der Waals surface area contributed by atoms with Crippen LogP contribution < -0.4 is 10.1 Å². The lowest BCUT2D eigenvalue weighted by molar-refractivity contribution is 0.217. The highest BCUT2D eigenvalue weighted by Gasteiger charge is 2.16. The molecule has 1 aliphatic rings. The lowest BCUT2D eigenvalue weighted by atomic mass is 9.98. The van der Waals surface area contributed by atoms with Gasteiger partial charge >= 0.3 is 0 Å². The van der Waals surface area contributed by atoms with Crippen molar-refractivity contribution in [3.05, 3.63) is 23.2 Å². The topological polar surface area (TPSA) is 24.5 Å². The average Bonchev–Trinajstić information content (AvgIpc) is 2.39. The first kappa shape index (κ1) is 15.5. The predicted octanol–water partition coefficient (Wildman–Crippen LogP) is 3.88. The molecule has 1 aromatic carbocycles. The number of hydrogen-bond donors (Lipinski definition) is 1. The second-order valence-corrected chi connectivity index (χ2v) is 6.37. The Balaban J connectivity index is 1.88. The van der Waals surface area contributed by atoms with Gasteiger partial charge in [-0.25, -0.2) is 0 Å². The number of benzene rings is 1. The quantitative estimate of drug-likeness (QED) is 0.892. The molecule has 2 rings (SSSR count). The van der Waals surface area contributed by atoms with Crippen molar-refractivity contribution in [1.29, 1.82) is 0 Å². The lowest BCUT2D eigenvalue weighted by Crippen LogP contribution is -2.35. The fourth-order valence-corrected chi connectivity index (χ4v) is 2.89. The molecule has 4 heteroatoms. The van der Waals surface area contributed by atoms with Crippen LogP contribution in [0.5, 0.6) is 5.75 Å². The van der Waals surface area contributed by atoms with E-state index in [4.69, 9.17) is 16.3 Å². The minimum atomic E-state index is 0.143. The highest BCUT2D eigenvalue weighted by atomic mass is 35.5. The van der Waals surface area contributed by atoms with E-state index in [1.165, 1.54) is 25.9 Å². The standard InChI is InChI=1S/C16H25ClN2O/c1-12(2)20-16-7-6-14(9-15(16)17)18-10-13-5-4-8-19(3)11-13/h6-7,9,12-13,18H,4-5,8,10-11H2,1-3H3. The van der Waals surface area contributed by atoms with Crippen LogP contribution in [0.1, 0.15) is 26.7 Å². The Labute approximate surface area is 127 Å². The number of likely N-dealkylation sites (tertiary alicyclic amines) is 1. The molecule has 1 aliphatic heterocycles. The van der Waals surface area contributed by atoms with Crippen molar-refractivity contribution >= 4 is 17.3 Å². The van der Waals surface area contributed by atoms with Gasteiger partial charge in [-0.05, 0) is 64.4 Å². The smallest absolute Gasteiger partial charge is 0.138 e. The van der Waals surface area contributed by atoms with Gasteiger partial charge in [0, 0.05) is 18.8 Å². The molecule has 0 aromatic heterocycles. The second kappa shape index (κ2) is 7.19. The van der Waals surface area contributed by atoms with E-state index in [1.54, 1.807) is 0 Å². The van der Waals surface area contributed by atoms with Crippen LogP contribution in [0.2, 0.25) is 5.02 Å². The first-order valence-corrected chi connectivity index (χ1v) is 7.81. The van der Waals surface area contributed by atoms with Gasteiger partial charge in [-0.3, -0.25) is 0 Å². The Hall–Kier alpha value is -0.930. The molecule has 3 nitrogen and oxygen atoms in total. The molecule has 0 aliphatic carbocycles. The van der Waals surface area contributed by atoms with Crippen molar-refractivity contribution < 1.29 is 4.74 Å². The summed E-state index contributed by atoms with van der Waals surface area (Å²) in [6.45, 7) is 7.41. The van der Waals surface area contributed by atoms with Crippen LogP contribution in [0, 0.1) is 5.92 Å². The summed E-state index contributed by atoms with van der Waals surface area (Å²) in [4.78, 5) is 2.41. The maximum absolute atomic E-state index is 6.24. The van der Waals surface area contributed by atoms with Crippen molar-refractivity contribution in [3.63, 3.8) is 0 Å². The first-order chi connectivity index (χ1) is 9.54. The van der Waals surface area contributed by atoms with Gasteiger partial charge in [-0.1, -0.05) is 11.6 Å². The molecule has 0 bridgehead atoms. The molecule has 112 valence electrons. The van der Waals surface area contributed by atoms with E-state index in [0.717, 1.165) is 23.9 Å². The summed E-state index contributed by atoms with van der Waals surface area (Å²) in [6, 6.07) is 5.93. The molecule has 1 saturated heterocycles. The van der Waals surface area contributed by atoms with Gasteiger partial charge in [0.1, 0.15) is 5.75 Å². The van der Waals surface area contributed by atoms with Gasteiger partial charge in [-0.15, -0.1) is 0 Å². The molecular weight excluding hydrogens is 272 g/mol. The minimum absolute atomic E-state index is 0.143. The Bertz CT molecular complexity index is 436. The average molecular weight is 297 g/mol. The number of ether oxygens (including phenoxy) is 1. The van der Waals surface area contributed by atoms with E-state index in [1.807, 2.05) is 32.0 Å². The molecule has 0 amide bonds. The largest absolute Gasteiger partial charge is 0.489 e.